The van der Waals surface area contributed by atoms with Gasteiger partial charge in [-0.2, -0.15) is 0 Å². The van der Waals surface area contributed by atoms with E-state index >= 15 is 0 Å². The molecule has 1 rings (SSSR count). The molecule has 0 aliphatic rings. The molecule has 0 aliphatic carbocycles. The summed E-state index contributed by atoms with van der Waals surface area (Å²) in [4.78, 5) is 26.5. The van der Waals surface area contributed by atoms with Crippen LogP contribution in [0.2, 0.25) is 0 Å². The lowest BCUT2D eigenvalue weighted by Gasteiger charge is -2.17. The van der Waals surface area contributed by atoms with E-state index in [1.807, 2.05) is 13.0 Å². The number of nitrogens with one attached hydrogen (secondary N) is 1. The van der Waals surface area contributed by atoms with E-state index in [2.05, 4.69) is 10.3 Å². The zero-order chi connectivity index (χ0) is 13.7. The van der Waals surface area contributed by atoms with Crippen LogP contribution in [0.25, 0.3) is 0 Å². The topological polar surface area (TPSA) is 99.5 Å². The fraction of sp³-hybridized carbons (Fsp3) is 0.417. The summed E-state index contributed by atoms with van der Waals surface area (Å²) in [6, 6.07) is 2.27. The van der Waals surface area contributed by atoms with Crippen molar-refractivity contribution in [1.82, 2.24) is 10.3 Å². The second kappa shape index (κ2) is 6.11. The SMILES string of the molecule is Cc1cccnc1CC(=O)NC(C(=O)O)C(C)O. The van der Waals surface area contributed by atoms with Gasteiger partial charge in [0.1, 0.15) is 0 Å². The van der Waals surface area contributed by atoms with E-state index in [9.17, 15) is 14.7 Å². The van der Waals surface area contributed by atoms with Gasteiger partial charge in [0.2, 0.25) is 5.91 Å². The zero-order valence-electron chi connectivity index (χ0n) is 10.3. The summed E-state index contributed by atoms with van der Waals surface area (Å²) in [6.45, 7) is 3.13. The molecule has 6 heteroatoms. The highest BCUT2D eigenvalue weighted by molar-refractivity contribution is 5.85. The molecule has 6 nitrogen and oxygen atoms in total. The maximum Gasteiger partial charge on any atom is 0.328 e. The molecule has 1 aromatic heterocycles. The number of aliphatic carboxylic acids is 1. The molecule has 0 saturated carbocycles. The van der Waals surface area contributed by atoms with E-state index < -0.39 is 24.0 Å². The van der Waals surface area contributed by atoms with Crippen molar-refractivity contribution < 1.29 is 19.8 Å². The summed E-state index contributed by atoms with van der Waals surface area (Å²) < 4.78 is 0. The number of aliphatic hydroxyl groups is 1. The fourth-order valence-corrected chi connectivity index (χ4v) is 1.47. The summed E-state index contributed by atoms with van der Waals surface area (Å²) in [6.07, 6.45) is 0.401. The number of hydrogen-bond acceptors (Lipinski definition) is 4. The maximum absolute atomic E-state index is 11.7. The van der Waals surface area contributed by atoms with E-state index in [4.69, 9.17) is 5.11 Å². The van der Waals surface area contributed by atoms with Crippen molar-refractivity contribution in [3.05, 3.63) is 29.6 Å². The molecule has 2 atom stereocenters. The lowest BCUT2D eigenvalue weighted by atomic mass is 10.1. The van der Waals surface area contributed by atoms with Crippen molar-refractivity contribution in [2.45, 2.75) is 32.4 Å². The molecule has 0 aromatic carbocycles. The van der Waals surface area contributed by atoms with Crippen molar-refractivity contribution in [1.29, 1.82) is 0 Å². The average Bonchev–Trinajstić information content (AvgIpc) is 2.28. The fourth-order valence-electron chi connectivity index (χ4n) is 1.47. The third-order valence-electron chi connectivity index (χ3n) is 2.51. The van der Waals surface area contributed by atoms with Crippen molar-refractivity contribution in [2.75, 3.05) is 0 Å². The molecule has 1 aromatic rings. The smallest absolute Gasteiger partial charge is 0.328 e. The molecule has 0 spiro atoms. The van der Waals surface area contributed by atoms with E-state index in [0.717, 1.165) is 5.56 Å². The largest absolute Gasteiger partial charge is 0.480 e. The van der Waals surface area contributed by atoms with E-state index in [0.29, 0.717) is 5.69 Å². The number of nitrogens with zero attached hydrogens (tertiary/aromatic N) is 1. The molecule has 3 N–H and O–H groups in total. The first-order valence-corrected chi connectivity index (χ1v) is 5.52. The van der Waals surface area contributed by atoms with E-state index in [1.165, 1.54) is 6.92 Å². The lowest BCUT2D eigenvalue weighted by molar-refractivity contribution is -0.144. The van der Waals surface area contributed by atoms with Crippen molar-refractivity contribution in [3.63, 3.8) is 0 Å². The number of carbonyl (C=O) groups excluding carboxylic acids is 1. The van der Waals surface area contributed by atoms with Gasteiger partial charge in [0.15, 0.2) is 6.04 Å². The Balaban J connectivity index is 2.67. The summed E-state index contributed by atoms with van der Waals surface area (Å²) in [5, 5.41) is 20.3. The van der Waals surface area contributed by atoms with Gasteiger partial charge in [-0.3, -0.25) is 9.78 Å². The number of carboxylic acids is 1. The lowest BCUT2D eigenvalue weighted by Crippen LogP contribution is -2.48. The Kier molecular flexibility index (Phi) is 4.79. The number of aromatic nitrogens is 1. The van der Waals surface area contributed by atoms with Gasteiger partial charge in [-0.15, -0.1) is 0 Å². The number of amides is 1. The van der Waals surface area contributed by atoms with Crippen molar-refractivity contribution >= 4 is 11.9 Å². The monoisotopic (exact) mass is 252 g/mol. The molecule has 0 bridgehead atoms. The molecular weight excluding hydrogens is 236 g/mol. The van der Waals surface area contributed by atoms with Crippen LogP contribution in [0.15, 0.2) is 18.3 Å². The summed E-state index contributed by atoms with van der Waals surface area (Å²) in [5.74, 6) is -1.75. The van der Waals surface area contributed by atoms with Crippen LogP contribution < -0.4 is 5.32 Å². The van der Waals surface area contributed by atoms with Crippen LogP contribution in [0.5, 0.6) is 0 Å². The number of aliphatic hydroxyl groups excluding tert-OH is 1. The predicted octanol–water partition coefficient (Wildman–Crippen LogP) is -0.117. The quantitative estimate of drug-likeness (QED) is 0.678. The summed E-state index contributed by atoms with van der Waals surface area (Å²) >= 11 is 0. The number of aryl methyl sites for hydroxylation is 1. The number of carbonyl (C=O) groups is 2. The first-order valence-electron chi connectivity index (χ1n) is 5.52. The van der Waals surface area contributed by atoms with Crippen molar-refractivity contribution in [3.8, 4) is 0 Å². The molecule has 1 heterocycles. The Morgan fingerprint density at radius 1 is 1.50 bits per heavy atom. The summed E-state index contributed by atoms with van der Waals surface area (Å²) in [5.41, 5.74) is 1.45. The minimum atomic E-state index is -1.30. The average molecular weight is 252 g/mol. The molecule has 0 fully saturated rings. The van der Waals surface area contributed by atoms with E-state index in [-0.39, 0.29) is 6.42 Å². The second-order valence-electron chi connectivity index (χ2n) is 4.07. The molecule has 1 amide bonds. The van der Waals surface area contributed by atoms with E-state index in [1.54, 1.807) is 12.3 Å². The third kappa shape index (κ3) is 3.81. The Morgan fingerprint density at radius 3 is 2.67 bits per heavy atom. The maximum atomic E-state index is 11.7. The number of carboxylic acid groups (broad SMARTS) is 1. The highest BCUT2D eigenvalue weighted by Crippen LogP contribution is 2.04. The van der Waals surface area contributed by atoms with Gasteiger partial charge in [0.05, 0.1) is 18.2 Å². The Hall–Kier alpha value is -1.95. The molecule has 0 aliphatic heterocycles. The van der Waals surface area contributed by atoms with Gasteiger partial charge in [0, 0.05) is 6.20 Å². The van der Waals surface area contributed by atoms with Crippen LogP contribution in [0.3, 0.4) is 0 Å². The van der Waals surface area contributed by atoms with Gasteiger partial charge in [-0.05, 0) is 25.5 Å². The van der Waals surface area contributed by atoms with Gasteiger partial charge in [0.25, 0.3) is 0 Å². The zero-order valence-corrected chi connectivity index (χ0v) is 10.3. The van der Waals surface area contributed by atoms with Crippen molar-refractivity contribution in [2.24, 2.45) is 0 Å². The summed E-state index contributed by atoms with van der Waals surface area (Å²) in [7, 11) is 0. The third-order valence-corrected chi connectivity index (χ3v) is 2.51. The molecule has 0 radical (unpaired) electrons. The minimum absolute atomic E-state index is 0.0107. The predicted molar refractivity (Wildman–Crippen MR) is 63.9 cm³/mol. The van der Waals surface area contributed by atoms with Gasteiger partial charge >= 0.3 is 5.97 Å². The molecular formula is C12H16N2O4. The van der Waals surface area contributed by atoms with Gasteiger partial charge in [-0.1, -0.05) is 6.07 Å². The highest BCUT2D eigenvalue weighted by Gasteiger charge is 2.25. The van der Waals surface area contributed by atoms with Gasteiger partial charge < -0.3 is 15.5 Å². The first kappa shape index (κ1) is 14.1. The second-order valence-corrected chi connectivity index (χ2v) is 4.07. The Labute approximate surface area is 105 Å². The first-order chi connectivity index (χ1) is 8.41. The normalized spacial score (nSPS) is 13.7. The Morgan fingerprint density at radius 2 is 2.17 bits per heavy atom. The standard InChI is InChI=1S/C12H16N2O4/c1-7-4-3-5-13-9(7)6-10(16)14-11(8(2)15)12(17)18/h3-5,8,11,15H,6H2,1-2H3,(H,14,16)(H,17,18). The number of rotatable bonds is 5. The Bertz CT molecular complexity index is 445. The molecule has 98 valence electrons. The highest BCUT2D eigenvalue weighted by atomic mass is 16.4. The van der Waals surface area contributed by atoms with Crippen LogP contribution in [0, 0.1) is 6.92 Å². The molecule has 2 unspecified atom stereocenters. The van der Waals surface area contributed by atoms with Crippen LogP contribution in [0.1, 0.15) is 18.2 Å². The van der Waals surface area contributed by atoms with Crippen LogP contribution in [-0.2, 0) is 16.0 Å². The molecule has 18 heavy (non-hydrogen) atoms. The number of hydrogen-bond donors (Lipinski definition) is 3. The van der Waals surface area contributed by atoms with Crippen LogP contribution in [-0.4, -0.2) is 39.2 Å². The van der Waals surface area contributed by atoms with Crippen LogP contribution in [0.4, 0.5) is 0 Å². The van der Waals surface area contributed by atoms with Crippen LogP contribution >= 0.6 is 0 Å². The minimum Gasteiger partial charge on any atom is -0.480 e. The van der Waals surface area contributed by atoms with Gasteiger partial charge in [-0.25, -0.2) is 4.79 Å². The molecule has 0 saturated heterocycles. The number of pyridine rings is 1.